The topological polar surface area (TPSA) is 75.7 Å². The maximum absolute atomic E-state index is 12.5. The molecule has 0 heterocycles. The van der Waals surface area contributed by atoms with Crippen molar-refractivity contribution in [3.8, 4) is 5.75 Å². The van der Waals surface area contributed by atoms with Gasteiger partial charge in [0.05, 0.1) is 19.1 Å². The molecule has 7 heteroatoms. The van der Waals surface area contributed by atoms with Crippen molar-refractivity contribution >= 4 is 27.3 Å². The summed E-state index contributed by atoms with van der Waals surface area (Å²) in [5.41, 5.74) is 3.74. The molecule has 0 radical (unpaired) electrons. The van der Waals surface area contributed by atoms with Crippen LogP contribution in [0.4, 0.5) is 11.4 Å². The molecular weight excluding hydrogens is 352 g/mol. The minimum atomic E-state index is -3.63. The van der Waals surface area contributed by atoms with E-state index < -0.39 is 15.9 Å². The van der Waals surface area contributed by atoms with Gasteiger partial charge in [-0.25, -0.2) is 8.42 Å². The van der Waals surface area contributed by atoms with E-state index in [4.69, 9.17) is 4.74 Å². The molecule has 2 aromatic carbocycles. The molecule has 2 aromatic rings. The van der Waals surface area contributed by atoms with Crippen LogP contribution in [0, 0.1) is 20.8 Å². The van der Waals surface area contributed by atoms with E-state index >= 15 is 0 Å². The highest BCUT2D eigenvalue weighted by atomic mass is 32.2. The maximum Gasteiger partial charge on any atom is 0.245 e. The number of benzene rings is 2. The number of rotatable bonds is 6. The number of carbonyl (C=O) groups excluding carboxylic acids is 1. The molecule has 0 atom stereocenters. The standard InChI is InChI=1S/C19H24N2O4S/c1-13-9-14(2)19(15(3)10-13)21(26(5,23)24)12-18(22)20-16-7-6-8-17(11-16)25-4/h6-11H,12H2,1-5H3,(H,20,22). The van der Waals surface area contributed by atoms with Crippen LogP contribution in [0.1, 0.15) is 16.7 Å². The van der Waals surface area contributed by atoms with E-state index in [1.807, 2.05) is 32.9 Å². The summed E-state index contributed by atoms with van der Waals surface area (Å²) in [6, 6.07) is 10.7. The minimum Gasteiger partial charge on any atom is -0.497 e. The summed E-state index contributed by atoms with van der Waals surface area (Å²) in [6.45, 7) is 5.33. The van der Waals surface area contributed by atoms with Crippen molar-refractivity contribution in [1.29, 1.82) is 0 Å². The lowest BCUT2D eigenvalue weighted by Gasteiger charge is -2.26. The number of nitrogens with one attached hydrogen (secondary N) is 1. The van der Waals surface area contributed by atoms with Crippen molar-refractivity contribution in [3.63, 3.8) is 0 Å². The van der Waals surface area contributed by atoms with Gasteiger partial charge in [0.1, 0.15) is 12.3 Å². The molecule has 0 aliphatic rings. The summed E-state index contributed by atoms with van der Waals surface area (Å²) in [6.07, 6.45) is 1.10. The summed E-state index contributed by atoms with van der Waals surface area (Å²) in [4.78, 5) is 12.5. The lowest BCUT2D eigenvalue weighted by Crippen LogP contribution is -2.38. The second kappa shape index (κ2) is 7.78. The Morgan fingerprint density at radius 3 is 2.27 bits per heavy atom. The first-order chi connectivity index (χ1) is 12.1. The molecule has 0 spiro atoms. The first kappa shape index (κ1) is 19.8. The highest BCUT2D eigenvalue weighted by Gasteiger charge is 2.24. The molecule has 0 aromatic heterocycles. The lowest BCUT2D eigenvalue weighted by atomic mass is 10.1. The SMILES string of the molecule is COc1cccc(NC(=O)CN(c2c(C)cc(C)cc2C)S(C)(=O)=O)c1. The predicted molar refractivity (Wildman–Crippen MR) is 104 cm³/mol. The van der Waals surface area contributed by atoms with E-state index in [1.54, 1.807) is 24.3 Å². The molecule has 0 fully saturated rings. The second-order valence-electron chi connectivity index (χ2n) is 6.30. The Morgan fingerprint density at radius 1 is 1.12 bits per heavy atom. The van der Waals surface area contributed by atoms with Gasteiger partial charge in [0.2, 0.25) is 15.9 Å². The van der Waals surface area contributed by atoms with Crippen LogP contribution in [0.5, 0.6) is 5.75 Å². The van der Waals surface area contributed by atoms with E-state index in [0.29, 0.717) is 17.1 Å². The monoisotopic (exact) mass is 376 g/mol. The third-order valence-corrected chi connectivity index (χ3v) is 5.04. The number of sulfonamides is 1. The molecule has 1 N–H and O–H groups in total. The quantitative estimate of drug-likeness (QED) is 0.841. The number of ether oxygens (including phenoxy) is 1. The predicted octanol–water partition coefficient (Wildman–Crippen LogP) is 3.03. The molecule has 0 bridgehead atoms. The van der Waals surface area contributed by atoms with Crippen LogP contribution in [0.3, 0.4) is 0 Å². The summed E-state index contributed by atoms with van der Waals surface area (Å²) in [5.74, 6) is 0.177. The number of amides is 1. The normalized spacial score (nSPS) is 11.1. The van der Waals surface area contributed by atoms with Gasteiger partial charge in [0.15, 0.2) is 0 Å². The van der Waals surface area contributed by atoms with E-state index in [1.165, 1.54) is 7.11 Å². The lowest BCUT2D eigenvalue weighted by molar-refractivity contribution is -0.114. The summed E-state index contributed by atoms with van der Waals surface area (Å²) in [5, 5.41) is 2.71. The number of aryl methyl sites for hydroxylation is 3. The van der Waals surface area contributed by atoms with E-state index in [9.17, 15) is 13.2 Å². The molecule has 1 amide bonds. The Bertz CT molecular complexity index is 900. The van der Waals surface area contributed by atoms with Crippen LogP contribution in [0.25, 0.3) is 0 Å². The van der Waals surface area contributed by atoms with Gasteiger partial charge >= 0.3 is 0 Å². The smallest absolute Gasteiger partial charge is 0.245 e. The number of carbonyl (C=O) groups is 1. The number of hydrogen-bond donors (Lipinski definition) is 1. The van der Waals surface area contributed by atoms with Gasteiger partial charge in [-0.2, -0.15) is 0 Å². The number of nitrogens with zero attached hydrogens (tertiary/aromatic N) is 1. The van der Waals surface area contributed by atoms with Crippen molar-refractivity contribution in [2.24, 2.45) is 0 Å². The van der Waals surface area contributed by atoms with Crippen molar-refractivity contribution < 1.29 is 17.9 Å². The molecule has 0 aliphatic carbocycles. The summed E-state index contributed by atoms with van der Waals surface area (Å²) >= 11 is 0. The van der Waals surface area contributed by atoms with Gasteiger partial charge in [-0.05, 0) is 44.0 Å². The van der Waals surface area contributed by atoms with Crippen molar-refractivity contribution in [3.05, 3.63) is 53.1 Å². The van der Waals surface area contributed by atoms with Gasteiger partial charge in [0, 0.05) is 11.8 Å². The number of hydrogen-bond acceptors (Lipinski definition) is 4. The van der Waals surface area contributed by atoms with Crippen LogP contribution in [0.2, 0.25) is 0 Å². The van der Waals surface area contributed by atoms with Crippen molar-refractivity contribution in [2.75, 3.05) is 29.5 Å². The largest absolute Gasteiger partial charge is 0.497 e. The average molecular weight is 376 g/mol. The maximum atomic E-state index is 12.5. The van der Waals surface area contributed by atoms with Crippen LogP contribution >= 0.6 is 0 Å². The average Bonchev–Trinajstić information content (AvgIpc) is 2.52. The van der Waals surface area contributed by atoms with Gasteiger partial charge in [-0.3, -0.25) is 9.10 Å². The number of methoxy groups -OCH3 is 1. The van der Waals surface area contributed by atoms with Crippen LogP contribution < -0.4 is 14.4 Å². The minimum absolute atomic E-state index is 0.305. The fourth-order valence-electron chi connectivity index (χ4n) is 2.96. The van der Waals surface area contributed by atoms with Crippen LogP contribution in [0.15, 0.2) is 36.4 Å². The van der Waals surface area contributed by atoms with Crippen molar-refractivity contribution in [2.45, 2.75) is 20.8 Å². The molecule has 0 aliphatic heterocycles. The fraction of sp³-hybridized carbons (Fsp3) is 0.316. The van der Waals surface area contributed by atoms with Crippen molar-refractivity contribution in [1.82, 2.24) is 0 Å². The molecule has 0 unspecified atom stereocenters. The first-order valence-electron chi connectivity index (χ1n) is 8.11. The zero-order valence-corrected chi connectivity index (χ0v) is 16.5. The van der Waals surface area contributed by atoms with E-state index in [0.717, 1.165) is 27.3 Å². The highest BCUT2D eigenvalue weighted by molar-refractivity contribution is 7.92. The van der Waals surface area contributed by atoms with Gasteiger partial charge < -0.3 is 10.1 Å². The molecule has 6 nitrogen and oxygen atoms in total. The first-order valence-corrected chi connectivity index (χ1v) is 9.96. The molecule has 140 valence electrons. The third-order valence-electron chi connectivity index (χ3n) is 3.93. The molecule has 26 heavy (non-hydrogen) atoms. The van der Waals surface area contributed by atoms with Gasteiger partial charge in [0.25, 0.3) is 0 Å². The van der Waals surface area contributed by atoms with Crippen LogP contribution in [-0.2, 0) is 14.8 Å². The summed E-state index contributed by atoms with van der Waals surface area (Å²) < 4.78 is 30.9. The molecule has 0 saturated carbocycles. The molecule has 2 rings (SSSR count). The highest BCUT2D eigenvalue weighted by Crippen LogP contribution is 2.28. The van der Waals surface area contributed by atoms with E-state index in [-0.39, 0.29) is 6.54 Å². The van der Waals surface area contributed by atoms with Gasteiger partial charge in [-0.1, -0.05) is 23.8 Å². The summed E-state index contributed by atoms with van der Waals surface area (Å²) in [7, 11) is -2.09. The third kappa shape index (κ3) is 4.76. The van der Waals surface area contributed by atoms with E-state index in [2.05, 4.69) is 5.32 Å². The molecular formula is C19H24N2O4S. The Kier molecular flexibility index (Phi) is 5.92. The zero-order valence-electron chi connectivity index (χ0n) is 15.7. The Morgan fingerprint density at radius 2 is 1.73 bits per heavy atom. The Balaban J connectivity index is 2.31. The Labute approximate surface area is 154 Å². The Hall–Kier alpha value is -2.54. The van der Waals surface area contributed by atoms with Gasteiger partial charge in [-0.15, -0.1) is 0 Å². The second-order valence-corrected chi connectivity index (χ2v) is 8.20. The van der Waals surface area contributed by atoms with Crippen LogP contribution in [-0.4, -0.2) is 34.2 Å². The number of anilines is 2. The fourth-order valence-corrected chi connectivity index (χ4v) is 3.93. The molecule has 0 saturated heterocycles. The zero-order chi connectivity index (χ0) is 19.5.